The maximum atomic E-state index is 13.6. The predicted octanol–water partition coefficient (Wildman–Crippen LogP) is 5.61. The summed E-state index contributed by atoms with van der Waals surface area (Å²) in [7, 11) is 0. The molecule has 0 spiro atoms. The summed E-state index contributed by atoms with van der Waals surface area (Å²) < 4.78 is 26.8. The molecule has 0 heterocycles. The predicted molar refractivity (Wildman–Crippen MR) is 77.9 cm³/mol. The van der Waals surface area contributed by atoms with Gasteiger partial charge in [-0.2, -0.15) is 0 Å². The lowest BCUT2D eigenvalue weighted by atomic mass is 10.00. The average molecular weight is 346 g/mol. The number of hydrogen-bond acceptors (Lipinski definition) is 0. The fourth-order valence-corrected chi connectivity index (χ4v) is 3.00. The van der Waals surface area contributed by atoms with Crippen LogP contribution in [0.4, 0.5) is 8.78 Å². The van der Waals surface area contributed by atoms with Crippen LogP contribution in [0.2, 0.25) is 5.02 Å². The van der Waals surface area contributed by atoms with Gasteiger partial charge in [-0.25, -0.2) is 8.78 Å². The van der Waals surface area contributed by atoms with Crippen molar-refractivity contribution in [3.63, 3.8) is 0 Å². The maximum Gasteiger partial charge on any atom is 0.162 e. The molecule has 2 rings (SSSR count). The lowest BCUT2D eigenvalue weighted by Gasteiger charge is -2.14. The van der Waals surface area contributed by atoms with Gasteiger partial charge in [0.05, 0.1) is 0 Å². The zero-order valence-electron chi connectivity index (χ0n) is 10.3. The van der Waals surface area contributed by atoms with Gasteiger partial charge in [-0.1, -0.05) is 51.8 Å². The molecular formula is C15H12BrClF2. The Hall–Kier alpha value is -0.930. The normalized spacial score (nSPS) is 12.5. The van der Waals surface area contributed by atoms with Crippen LogP contribution < -0.4 is 0 Å². The van der Waals surface area contributed by atoms with Crippen LogP contribution in [0.5, 0.6) is 0 Å². The molecule has 0 N–H and O–H groups in total. The van der Waals surface area contributed by atoms with Crippen LogP contribution in [-0.2, 0) is 6.42 Å². The molecule has 0 aromatic heterocycles. The zero-order valence-corrected chi connectivity index (χ0v) is 12.6. The molecule has 4 heteroatoms. The van der Waals surface area contributed by atoms with Gasteiger partial charge in [-0.05, 0) is 42.2 Å². The van der Waals surface area contributed by atoms with Gasteiger partial charge >= 0.3 is 0 Å². The molecule has 0 saturated carbocycles. The molecule has 0 aliphatic heterocycles. The van der Waals surface area contributed by atoms with Crippen molar-refractivity contribution in [2.45, 2.75) is 18.2 Å². The topological polar surface area (TPSA) is 0 Å². The van der Waals surface area contributed by atoms with Crippen LogP contribution in [0.25, 0.3) is 0 Å². The minimum absolute atomic E-state index is 0.109. The Bertz CT molecular complexity index is 599. The second-order valence-corrected chi connectivity index (χ2v) is 5.85. The van der Waals surface area contributed by atoms with Crippen LogP contribution >= 0.6 is 27.5 Å². The molecule has 0 aliphatic rings. The molecule has 0 saturated heterocycles. The zero-order chi connectivity index (χ0) is 14.0. The highest BCUT2D eigenvalue weighted by Crippen LogP contribution is 2.33. The number of hydrogen-bond donors (Lipinski definition) is 0. The summed E-state index contributed by atoms with van der Waals surface area (Å²) in [6.07, 6.45) is 0.366. The molecule has 0 bridgehead atoms. The van der Waals surface area contributed by atoms with Crippen LogP contribution in [-0.4, -0.2) is 0 Å². The molecule has 100 valence electrons. The van der Waals surface area contributed by atoms with E-state index in [1.54, 1.807) is 6.07 Å². The molecule has 2 aromatic carbocycles. The van der Waals surface area contributed by atoms with Crippen molar-refractivity contribution in [3.05, 3.63) is 69.7 Å². The summed E-state index contributed by atoms with van der Waals surface area (Å²) in [6.45, 7) is 1.91. The molecule has 0 aliphatic carbocycles. The van der Waals surface area contributed by atoms with Crippen LogP contribution in [0, 0.1) is 18.6 Å². The van der Waals surface area contributed by atoms with E-state index < -0.39 is 11.6 Å². The van der Waals surface area contributed by atoms with Crippen molar-refractivity contribution in [1.29, 1.82) is 0 Å². The molecular weight excluding hydrogens is 334 g/mol. The Morgan fingerprint density at radius 2 is 1.84 bits per heavy atom. The third-order valence-electron chi connectivity index (χ3n) is 3.08. The van der Waals surface area contributed by atoms with Crippen molar-refractivity contribution < 1.29 is 8.78 Å². The third-order valence-corrected chi connectivity index (χ3v) is 4.30. The largest absolute Gasteiger partial charge is 0.204 e. The van der Waals surface area contributed by atoms with Crippen LogP contribution in [0.3, 0.4) is 0 Å². The Balaban J connectivity index is 2.28. The van der Waals surface area contributed by atoms with Crippen molar-refractivity contribution in [3.8, 4) is 0 Å². The van der Waals surface area contributed by atoms with E-state index in [9.17, 15) is 8.78 Å². The molecule has 2 aromatic rings. The monoisotopic (exact) mass is 344 g/mol. The molecule has 0 fully saturated rings. The second kappa shape index (κ2) is 6.02. The van der Waals surface area contributed by atoms with Crippen molar-refractivity contribution >= 4 is 27.5 Å². The lowest BCUT2D eigenvalue weighted by molar-refractivity contribution is 0.498. The standard InChI is InChI=1S/C15H12BrClF2/c1-9-11(5-3-6-13(9)17)12(16)8-10-4-2-7-14(18)15(10)19/h2-7,12H,8H2,1H3. The minimum Gasteiger partial charge on any atom is -0.204 e. The van der Waals surface area contributed by atoms with E-state index in [1.807, 2.05) is 25.1 Å². The third kappa shape index (κ3) is 3.15. The second-order valence-electron chi connectivity index (χ2n) is 4.34. The molecule has 0 nitrogen and oxygen atoms in total. The fourth-order valence-electron chi connectivity index (χ4n) is 1.97. The number of benzene rings is 2. The summed E-state index contributed by atoms with van der Waals surface area (Å²) in [6, 6.07) is 9.80. The van der Waals surface area contributed by atoms with Gasteiger partial charge in [0.1, 0.15) is 0 Å². The summed E-state index contributed by atoms with van der Waals surface area (Å²) in [4.78, 5) is -0.109. The summed E-state index contributed by atoms with van der Waals surface area (Å²) in [5, 5.41) is 0.668. The van der Waals surface area contributed by atoms with Gasteiger partial charge in [-0.3, -0.25) is 0 Å². The Morgan fingerprint density at radius 3 is 2.58 bits per heavy atom. The van der Waals surface area contributed by atoms with Crippen molar-refractivity contribution in [1.82, 2.24) is 0 Å². The molecule has 0 radical (unpaired) electrons. The first-order valence-electron chi connectivity index (χ1n) is 5.82. The highest BCUT2D eigenvalue weighted by Gasteiger charge is 2.16. The van der Waals surface area contributed by atoms with E-state index in [0.717, 1.165) is 17.2 Å². The molecule has 1 atom stereocenters. The maximum absolute atomic E-state index is 13.6. The van der Waals surface area contributed by atoms with Gasteiger partial charge in [0.15, 0.2) is 11.6 Å². The highest BCUT2D eigenvalue weighted by molar-refractivity contribution is 9.09. The van der Waals surface area contributed by atoms with E-state index in [0.29, 0.717) is 17.0 Å². The number of halogens is 4. The highest BCUT2D eigenvalue weighted by atomic mass is 79.9. The Kier molecular flexibility index (Phi) is 4.58. The summed E-state index contributed by atoms with van der Waals surface area (Å²) in [5.74, 6) is -1.60. The van der Waals surface area contributed by atoms with E-state index in [1.165, 1.54) is 6.07 Å². The van der Waals surface area contributed by atoms with Gasteiger partial charge in [-0.15, -0.1) is 0 Å². The number of rotatable bonds is 3. The SMILES string of the molecule is Cc1c(Cl)cccc1C(Br)Cc1cccc(F)c1F. The Morgan fingerprint density at radius 1 is 1.16 bits per heavy atom. The summed E-state index contributed by atoms with van der Waals surface area (Å²) in [5.41, 5.74) is 2.28. The van der Waals surface area contributed by atoms with E-state index in [-0.39, 0.29) is 4.83 Å². The van der Waals surface area contributed by atoms with Gasteiger partial charge in [0, 0.05) is 9.85 Å². The van der Waals surface area contributed by atoms with E-state index in [4.69, 9.17) is 11.6 Å². The summed E-state index contributed by atoms with van der Waals surface area (Å²) >= 11 is 9.58. The van der Waals surface area contributed by atoms with E-state index in [2.05, 4.69) is 15.9 Å². The smallest absolute Gasteiger partial charge is 0.162 e. The van der Waals surface area contributed by atoms with Gasteiger partial charge in [0.25, 0.3) is 0 Å². The number of alkyl halides is 1. The minimum atomic E-state index is -0.819. The van der Waals surface area contributed by atoms with Crippen LogP contribution in [0.1, 0.15) is 21.5 Å². The van der Waals surface area contributed by atoms with Gasteiger partial charge in [0.2, 0.25) is 0 Å². The van der Waals surface area contributed by atoms with Crippen molar-refractivity contribution in [2.24, 2.45) is 0 Å². The first-order valence-corrected chi connectivity index (χ1v) is 7.12. The first kappa shape index (κ1) is 14.5. The average Bonchev–Trinajstić information content (AvgIpc) is 2.38. The van der Waals surface area contributed by atoms with Gasteiger partial charge < -0.3 is 0 Å². The van der Waals surface area contributed by atoms with Crippen molar-refractivity contribution in [2.75, 3.05) is 0 Å². The molecule has 19 heavy (non-hydrogen) atoms. The molecule has 0 amide bonds. The van der Waals surface area contributed by atoms with E-state index >= 15 is 0 Å². The van der Waals surface area contributed by atoms with Crippen LogP contribution in [0.15, 0.2) is 36.4 Å². The molecule has 1 unspecified atom stereocenters. The Labute approximate surface area is 124 Å². The fraction of sp³-hybridized carbons (Fsp3) is 0.200. The first-order chi connectivity index (χ1) is 9.00. The quantitative estimate of drug-likeness (QED) is 0.635. The lowest BCUT2D eigenvalue weighted by Crippen LogP contribution is -2.01.